The summed E-state index contributed by atoms with van der Waals surface area (Å²) in [5, 5.41) is 21.2. The van der Waals surface area contributed by atoms with Crippen LogP contribution < -0.4 is 10.6 Å². The Morgan fingerprint density at radius 3 is 2.55 bits per heavy atom. The summed E-state index contributed by atoms with van der Waals surface area (Å²) in [6, 6.07) is 2.88. The maximum absolute atomic E-state index is 10.9. The lowest BCUT2D eigenvalue weighted by molar-refractivity contribution is -0.384. The summed E-state index contributed by atoms with van der Waals surface area (Å²) in [5.41, 5.74) is 2.41. The van der Waals surface area contributed by atoms with Gasteiger partial charge in [0.25, 0.3) is 5.69 Å². The van der Waals surface area contributed by atoms with Crippen molar-refractivity contribution in [2.75, 3.05) is 17.2 Å². The summed E-state index contributed by atoms with van der Waals surface area (Å²) < 4.78 is 0. The van der Waals surface area contributed by atoms with E-state index in [0.717, 1.165) is 0 Å². The number of hydrogen-bond acceptors (Lipinski definition) is 6. The third-order valence-electron chi connectivity index (χ3n) is 2.80. The van der Waals surface area contributed by atoms with Gasteiger partial charge in [-0.15, -0.1) is 0 Å². The fraction of sp³-hybridized carbons (Fsp3) is 0.308. The molecule has 0 radical (unpaired) electrons. The van der Waals surface area contributed by atoms with E-state index in [4.69, 9.17) is 0 Å². The second-order valence-corrected chi connectivity index (χ2v) is 5.06. The number of aryl methyl sites for hydroxylation is 1. The Morgan fingerprint density at radius 2 is 2.00 bits per heavy atom. The smallest absolute Gasteiger partial charge is 0.276 e. The lowest BCUT2D eigenvalue weighted by atomic mass is 10.2. The summed E-state index contributed by atoms with van der Waals surface area (Å²) in [7, 11) is 0. The minimum absolute atomic E-state index is 0.0282. The molecule has 0 saturated carbocycles. The first-order valence-corrected chi connectivity index (χ1v) is 7.20. The number of hydrogen-bond donors (Lipinski definition) is 2. The van der Waals surface area contributed by atoms with E-state index < -0.39 is 4.92 Å². The highest BCUT2D eigenvalue weighted by Gasteiger charge is 2.11. The van der Waals surface area contributed by atoms with Crippen molar-refractivity contribution in [2.45, 2.75) is 20.4 Å². The van der Waals surface area contributed by atoms with Crippen LogP contribution in [-0.4, -0.2) is 16.5 Å². The third kappa shape index (κ3) is 3.45. The second-order valence-electron chi connectivity index (χ2n) is 4.32. The van der Waals surface area contributed by atoms with Crippen LogP contribution >= 0.6 is 11.3 Å². The molecule has 2 heterocycles. The average molecular weight is 292 g/mol. The normalized spacial score (nSPS) is 10.3. The maximum atomic E-state index is 10.9. The lowest BCUT2D eigenvalue weighted by Crippen LogP contribution is -2.06. The van der Waals surface area contributed by atoms with E-state index in [1.807, 2.05) is 13.8 Å². The highest BCUT2D eigenvalue weighted by atomic mass is 32.1. The Kier molecular flexibility index (Phi) is 4.52. The number of nitrogens with one attached hydrogen (secondary N) is 2. The Balaban J connectivity index is 2.17. The maximum Gasteiger partial charge on any atom is 0.276 e. The third-order valence-corrected chi connectivity index (χ3v) is 3.71. The largest absolute Gasteiger partial charge is 0.370 e. The Labute approximate surface area is 121 Å². The molecule has 2 aromatic rings. The van der Waals surface area contributed by atoms with Gasteiger partial charge < -0.3 is 10.6 Å². The van der Waals surface area contributed by atoms with Crippen molar-refractivity contribution >= 4 is 28.7 Å². The Hall–Kier alpha value is -2.15. The van der Waals surface area contributed by atoms with Crippen LogP contribution in [0.1, 0.15) is 18.1 Å². The first-order valence-electron chi connectivity index (χ1n) is 6.26. The molecular formula is C13H16N4O2S. The number of anilines is 2. The van der Waals surface area contributed by atoms with Crippen molar-refractivity contribution in [3.05, 3.63) is 44.1 Å². The highest BCUT2D eigenvalue weighted by Crippen LogP contribution is 2.22. The predicted molar refractivity (Wildman–Crippen MR) is 81.4 cm³/mol. The zero-order chi connectivity index (χ0) is 14.5. The van der Waals surface area contributed by atoms with Gasteiger partial charge in [-0.05, 0) is 35.7 Å². The van der Waals surface area contributed by atoms with Crippen LogP contribution in [-0.2, 0) is 6.54 Å². The minimum Gasteiger partial charge on any atom is -0.370 e. The molecule has 2 aromatic heterocycles. The van der Waals surface area contributed by atoms with E-state index in [1.165, 1.54) is 23.3 Å². The molecular weight excluding hydrogens is 276 g/mol. The van der Waals surface area contributed by atoms with Gasteiger partial charge in [-0.3, -0.25) is 10.1 Å². The number of nitro groups is 1. The monoisotopic (exact) mass is 292 g/mol. The Bertz CT molecular complexity index is 612. The SMILES string of the molecule is CCNc1cc([N+](=O)[O-])cc(NCc2cscc2C)n1. The first-order chi connectivity index (χ1) is 9.60. The minimum atomic E-state index is -0.413. The van der Waals surface area contributed by atoms with E-state index in [0.29, 0.717) is 24.7 Å². The van der Waals surface area contributed by atoms with Gasteiger partial charge in [-0.25, -0.2) is 4.98 Å². The molecule has 0 atom stereocenters. The molecule has 0 spiro atoms. The van der Waals surface area contributed by atoms with Gasteiger partial charge in [0.15, 0.2) is 0 Å². The van der Waals surface area contributed by atoms with Crippen LogP contribution in [0.5, 0.6) is 0 Å². The summed E-state index contributed by atoms with van der Waals surface area (Å²) in [4.78, 5) is 14.8. The molecule has 7 heteroatoms. The fourth-order valence-corrected chi connectivity index (χ4v) is 2.59. The van der Waals surface area contributed by atoms with Crippen molar-refractivity contribution in [1.82, 2.24) is 4.98 Å². The number of thiophene rings is 1. The van der Waals surface area contributed by atoms with Crippen molar-refractivity contribution in [3.8, 4) is 0 Å². The highest BCUT2D eigenvalue weighted by molar-refractivity contribution is 7.08. The molecule has 6 nitrogen and oxygen atoms in total. The topological polar surface area (TPSA) is 80.1 Å². The van der Waals surface area contributed by atoms with E-state index in [-0.39, 0.29) is 5.69 Å². The van der Waals surface area contributed by atoms with Gasteiger partial charge in [0.1, 0.15) is 11.6 Å². The molecule has 106 valence electrons. The quantitative estimate of drug-likeness (QED) is 0.630. The zero-order valence-electron chi connectivity index (χ0n) is 11.3. The molecule has 2 rings (SSSR count). The molecule has 0 fully saturated rings. The summed E-state index contributed by atoms with van der Waals surface area (Å²) >= 11 is 1.64. The van der Waals surface area contributed by atoms with Crippen molar-refractivity contribution in [2.24, 2.45) is 0 Å². The lowest BCUT2D eigenvalue weighted by Gasteiger charge is -2.08. The van der Waals surface area contributed by atoms with E-state index in [1.54, 1.807) is 11.3 Å². The van der Waals surface area contributed by atoms with Crippen LogP contribution in [0.25, 0.3) is 0 Å². The van der Waals surface area contributed by atoms with Gasteiger partial charge in [0.2, 0.25) is 0 Å². The molecule has 0 aromatic carbocycles. The molecule has 0 aliphatic heterocycles. The Morgan fingerprint density at radius 1 is 1.30 bits per heavy atom. The van der Waals surface area contributed by atoms with Crippen molar-refractivity contribution < 1.29 is 4.92 Å². The molecule has 0 unspecified atom stereocenters. The summed E-state index contributed by atoms with van der Waals surface area (Å²) in [6.45, 7) is 5.23. The van der Waals surface area contributed by atoms with Gasteiger partial charge >= 0.3 is 0 Å². The molecule has 0 amide bonds. The van der Waals surface area contributed by atoms with E-state index in [9.17, 15) is 10.1 Å². The molecule has 20 heavy (non-hydrogen) atoms. The second kappa shape index (κ2) is 6.33. The molecule has 0 aliphatic carbocycles. The van der Waals surface area contributed by atoms with E-state index >= 15 is 0 Å². The fourth-order valence-electron chi connectivity index (χ4n) is 1.74. The number of pyridine rings is 1. The van der Waals surface area contributed by atoms with Gasteiger partial charge in [0, 0.05) is 13.1 Å². The number of rotatable bonds is 6. The number of aromatic nitrogens is 1. The molecule has 2 N–H and O–H groups in total. The standard InChI is InChI=1S/C13H16N4O2S/c1-3-14-12-4-11(17(18)19)5-13(16-12)15-6-10-8-20-7-9(10)2/h4-5,7-8H,3,6H2,1-2H3,(H2,14,15,16). The zero-order valence-corrected chi connectivity index (χ0v) is 12.2. The molecule has 0 bridgehead atoms. The van der Waals surface area contributed by atoms with Crippen LogP contribution in [0, 0.1) is 17.0 Å². The van der Waals surface area contributed by atoms with E-state index in [2.05, 4.69) is 26.4 Å². The van der Waals surface area contributed by atoms with Crippen LogP contribution in [0.4, 0.5) is 17.3 Å². The van der Waals surface area contributed by atoms with Crippen LogP contribution in [0.15, 0.2) is 22.9 Å². The molecule has 0 saturated heterocycles. The van der Waals surface area contributed by atoms with Crippen LogP contribution in [0.2, 0.25) is 0 Å². The van der Waals surface area contributed by atoms with Crippen molar-refractivity contribution in [1.29, 1.82) is 0 Å². The van der Waals surface area contributed by atoms with Crippen LogP contribution in [0.3, 0.4) is 0 Å². The number of nitrogens with zero attached hydrogens (tertiary/aromatic N) is 2. The molecule has 0 aliphatic rings. The first kappa shape index (κ1) is 14.3. The van der Waals surface area contributed by atoms with Crippen molar-refractivity contribution in [3.63, 3.8) is 0 Å². The average Bonchev–Trinajstić information content (AvgIpc) is 2.82. The van der Waals surface area contributed by atoms with Gasteiger partial charge in [0.05, 0.1) is 17.1 Å². The van der Waals surface area contributed by atoms with Gasteiger partial charge in [-0.1, -0.05) is 0 Å². The summed E-state index contributed by atoms with van der Waals surface area (Å²) in [6.07, 6.45) is 0. The van der Waals surface area contributed by atoms with Gasteiger partial charge in [-0.2, -0.15) is 11.3 Å². The summed E-state index contributed by atoms with van der Waals surface area (Å²) in [5.74, 6) is 1.01. The predicted octanol–water partition coefficient (Wildman–Crippen LogP) is 3.40.